The van der Waals surface area contributed by atoms with Crippen molar-refractivity contribution in [2.24, 2.45) is 0 Å². The first-order valence-electron chi connectivity index (χ1n) is 8.65. The average Bonchev–Trinajstić information content (AvgIpc) is 2.61. The quantitative estimate of drug-likeness (QED) is 0.769. The lowest BCUT2D eigenvalue weighted by molar-refractivity contribution is -0.135. The van der Waals surface area contributed by atoms with E-state index < -0.39 is 0 Å². The molecule has 0 radical (unpaired) electrons. The summed E-state index contributed by atoms with van der Waals surface area (Å²) in [5, 5.41) is 0.951. The van der Waals surface area contributed by atoms with Gasteiger partial charge in [0.15, 0.2) is 6.61 Å². The molecule has 0 bridgehead atoms. The second kappa shape index (κ2) is 8.76. The maximum atomic E-state index is 12.4. The molecule has 1 amide bonds. The second-order valence-electron chi connectivity index (χ2n) is 6.51. The first-order valence-corrected chi connectivity index (χ1v) is 9.40. The molecule has 1 aliphatic heterocycles. The summed E-state index contributed by atoms with van der Waals surface area (Å²) in [4.78, 5) is 16.6. The van der Waals surface area contributed by atoms with Gasteiger partial charge in [-0.3, -0.25) is 9.69 Å². The molecule has 3 rings (SSSR count). The number of carbonyl (C=O) groups excluding carboxylic acids is 1. The SMILES string of the molecule is Cc1cccc(CN2CCN(C(=O)COc3ccc(Cl)cc3Cl)CC2)c1. The van der Waals surface area contributed by atoms with E-state index in [-0.39, 0.29) is 12.5 Å². The Hall–Kier alpha value is -1.75. The van der Waals surface area contributed by atoms with Crippen molar-refractivity contribution >= 4 is 29.1 Å². The predicted octanol–water partition coefficient (Wildman–Crippen LogP) is 4.03. The molecule has 26 heavy (non-hydrogen) atoms. The molecule has 4 nitrogen and oxygen atoms in total. The lowest BCUT2D eigenvalue weighted by Gasteiger charge is -2.34. The molecule has 1 heterocycles. The third-order valence-corrected chi connectivity index (χ3v) is 4.99. The van der Waals surface area contributed by atoms with Crippen molar-refractivity contribution in [3.63, 3.8) is 0 Å². The fourth-order valence-corrected chi connectivity index (χ4v) is 3.51. The molecular weight excluding hydrogens is 371 g/mol. The van der Waals surface area contributed by atoms with Crippen molar-refractivity contribution in [1.29, 1.82) is 0 Å². The van der Waals surface area contributed by atoms with Crippen LogP contribution in [0.3, 0.4) is 0 Å². The van der Waals surface area contributed by atoms with Crippen molar-refractivity contribution in [1.82, 2.24) is 9.80 Å². The number of hydrogen-bond acceptors (Lipinski definition) is 3. The number of carbonyl (C=O) groups is 1. The number of benzene rings is 2. The molecule has 138 valence electrons. The summed E-state index contributed by atoms with van der Waals surface area (Å²) < 4.78 is 5.55. The first kappa shape index (κ1) is 19.0. The summed E-state index contributed by atoms with van der Waals surface area (Å²) in [6.07, 6.45) is 0. The van der Waals surface area contributed by atoms with Gasteiger partial charge in [-0.2, -0.15) is 0 Å². The van der Waals surface area contributed by atoms with Crippen LogP contribution in [0.2, 0.25) is 10.0 Å². The summed E-state index contributed by atoms with van der Waals surface area (Å²) in [5.41, 5.74) is 2.58. The van der Waals surface area contributed by atoms with Crippen molar-refractivity contribution in [3.05, 3.63) is 63.6 Å². The number of hydrogen-bond donors (Lipinski definition) is 0. The first-order chi connectivity index (χ1) is 12.5. The van der Waals surface area contributed by atoms with Gasteiger partial charge >= 0.3 is 0 Å². The fraction of sp³-hybridized carbons (Fsp3) is 0.350. The van der Waals surface area contributed by atoms with Gasteiger partial charge in [-0.25, -0.2) is 0 Å². The molecule has 2 aromatic carbocycles. The highest BCUT2D eigenvalue weighted by atomic mass is 35.5. The van der Waals surface area contributed by atoms with Gasteiger partial charge in [-0.05, 0) is 30.7 Å². The van der Waals surface area contributed by atoms with Gasteiger partial charge in [0.05, 0.1) is 5.02 Å². The van der Waals surface area contributed by atoms with E-state index in [2.05, 4.69) is 36.1 Å². The Morgan fingerprint density at radius 2 is 1.85 bits per heavy atom. The third kappa shape index (κ3) is 5.13. The zero-order valence-corrected chi connectivity index (χ0v) is 16.3. The predicted molar refractivity (Wildman–Crippen MR) is 105 cm³/mol. The highest BCUT2D eigenvalue weighted by Crippen LogP contribution is 2.27. The van der Waals surface area contributed by atoms with Gasteiger partial charge in [0.1, 0.15) is 5.75 Å². The van der Waals surface area contributed by atoms with Gasteiger partial charge < -0.3 is 9.64 Å². The van der Waals surface area contributed by atoms with Gasteiger partial charge in [0, 0.05) is 37.7 Å². The van der Waals surface area contributed by atoms with Gasteiger partial charge in [-0.1, -0.05) is 53.0 Å². The Bertz CT molecular complexity index is 774. The van der Waals surface area contributed by atoms with E-state index >= 15 is 0 Å². The lowest BCUT2D eigenvalue weighted by Crippen LogP contribution is -2.49. The van der Waals surface area contributed by atoms with Crippen LogP contribution in [0.25, 0.3) is 0 Å². The van der Waals surface area contributed by atoms with E-state index in [0.717, 1.165) is 19.6 Å². The van der Waals surface area contributed by atoms with Crippen LogP contribution in [-0.2, 0) is 11.3 Å². The summed E-state index contributed by atoms with van der Waals surface area (Å²) in [6, 6.07) is 13.5. The third-order valence-electron chi connectivity index (χ3n) is 4.46. The zero-order valence-electron chi connectivity index (χ0n) is 14.8. The highest BCUT2D eigenvalue weighted by molar-refractivity contribution is 6.35. The summed E-state index contributed by atoms with van der Waals surface area (Å²) in [6.45, 7) is 6.15. The number of aryl methyl sites for hydroxylation is 1. The topological polar surface area (TPSA) is 32.8 Å². The minimum absolute atomic E-state index is 0.0147. The summed E-state index contributed by atoms with van der Waals surface area (Å²) in [7, 11) is 0. The largest absolute Gasteiger partial charge is 0.482 e. The zero-order chi connectivity index (χ0) is 18.5. The average molecular weight is 393 g/mol. The molecule has 1 fully saturated rings. The standard InChI is InChI=1S/C20H22Cl2N2O2/c1-15-3-2-4-16(11-15)13-23-7-9-24(10-8-23)20(25)14-26-19-6-5-17(21)12-18(19)22/h2-6,11-12H,7-10,13-14H2,1H3. The Morgan fingerprint density at radius 1 is 1.08 bits per heavy atom. The summed E-state index contributed by atoms with van der Waals surface area (Å²) in [5.74, 6) is 0.453. The van der Waals surface area contributed by atoms with Crippen LogP contribution in [0.5, 0.6) is 5.75 Å². The summed E-state index contributed by atoms with van der Waals surface area (Å²) >= 11 is 11.9. The van der Waals surface area contributed by atoms with E-state index in [1.54, 1.807) is 18.2 Å². The monoisotopic (exact) mass is 392 g/mol. The second-order valence-corrected chi connectivity index (χ2v) is 7.35. The van der Waals surface area contributed by atoms with E-state index in [9.17, 15) is 4.79 Å². The molecule has 1 saturated heterocycles. The van der Waals surface area contributed by atoms with Crippen LogP contribution in [0, 0.1) is 6.92 Å². The highest BCUT2D eigenvalue weighted by Gasteiger charge is 2.21. The van der Waals surface area contributed by atoms with Crippen LogP contribution < -0.4 is 4.74 Å². The minimum atomic E-state index is -0.0220. The maximum absolute atomic E-state index is 12.4. The van der Waals surface area contributed by atoms with Crippen LogP contribution in [0.1, 0.15) is 11.1 Å². The number of ether oxygens (including phenoxy) is 1. The Morgan fingerprint density at radius 3 is 2.54 bits per heavy atom. The smallest absolute Gasteiger partial charge is 0.260 e. The van der Waals surface area contributed by atoms with Crippen molar-refractivity contribution < 1.29 is 9.53 Å². The number of amides is 1. The van der Waals surface area contributed by atoms with E-state index in [1.807, 2.05) is 4.90 Å². The van der Waals surface area contributed by atoms with Crippen LogP contribution in [0.4, 0.5) is 0 Å². The number of halogens is 2. The molecule has 0 spiro atoms. The molecule has 6 heteroatoms. The Balaban J connectivity index is 1.46. The van der Waals surface area contributed by atoms with E-state index in [0.29, 0.717) is 28.9 Å². The van der Waals surface area contributed by atoms with Crippen molar-refractivity contribution in [2.45, 2.75) is 13.5 Å². The molecule has 0 unspecified atom stereocenters. The minimum Gasteiger partial charge on any atom is -0.482 e. The normalized spacial score (nSPS) is 15.1. The van der Waals surface area contributed by atoms with Gasteiger partial charge in [0.25, 0.3) is 5.91 Å². The van der Waals surface area contributed by atoms with Crippen LogP contribution in [0.15, 0.2) is 42.5 Å². The molecule has 0 saturated carbocycles. The Labute approximate surface area is 164 Å². The fourth-order valence-electron chi connectivity index (χ4n) is 3.05. The van der Waals surface area contributed by atoms with Gasteiger partial charge in [0.2, 0.25) is 0 Å². The molecule has 1 aliphatic rings. The molecule has 0 N–H and O–H groups in total. The molecular formula is C20H22Cl2N2O2. The Kier molecular flexibility index (Phi) is 6.41. The maximum Gasteiger partial charge on any atom is 0.260 e. The van der Waals surface area contributed by atoms with Crippen molar-refractivity contribution in [3.8, 4) is 5.75 Å². The van der Waals surface area contributed by atoms with Crippen LogP contribution >= 0.6 is 23.2 Å². The number of piperazine rings is 1. The molecule has 0 aliphatic carbocycles. The van der Waals surface area contributed by atoms with Crippen LogP contribution in [-0.4, -0.2) is 48.5 Å². The number of nitrogens with zero attached hydrogens (tertiary/aromatic N) is 2. The van der Waals surface area contributed by atoms with E-state index in [4.69, 9.17) is 27.9 Å². The molecule has 2 aromatic rings. The molecule has 0 atom stereocenters. The molecule has 0 aromatic heterocycles. The number of rotatable bonds is 5. The lowest BCUT2D eigenvalue weighted by atomic mass is 10.1. The van der Waals surface area contributed by atoms with Crippen molar-refractivity contribution in [2.75, 3.05) is 32.8 Å². The van der Waals surface area contributed by atoms with E-state index in [1.165, 1.54) is 11.1 Å². The van der Waals surface area contributed by atoms with Gasteiger partial charge in [-0.15, -0.1) is 0 Å².